The molecule has 5 rings (SSSR count). The lowest BCUT2D eigenvalue weighted by Crippen LogP contribution is -2.39. The molecule has 3 aliphatic carbocycles. The Hall–Kier alpha value is -2.14. The molecular weight excluding hydrogens is 376 g/mol. The Bertz CT molecular complexity index is 1010. The minimum atomic E-state index is -0.789. The van der Waals surface area contributed by atoms with Gasteiger partial charge in [0, 0.05) is 29.1 Å². The van der Waals surface area contributed by atoms with Crippen molar-refractivity contribution in [2.75, 3.05) is 5.32 Å². The molecule has 3 fully saturated rings. The molecule has 2 aromatic rings. The highest BCUT2D eigenvalue weighted by molar-refractivity contribution is 6.01. The van der Waals surface area contributed by atoms with E-state index < -0.39 is 5.60 Å². The summed E-state index contributed by atoms with van der Waals surface area (Å²) in [5.74, 6) is 2.14. The number of aromatic nitrogens is 1. The summed E-state index contributed by atoms with van der Waals surface area (Å²) in [6.07, 6.45) is 12.1. The summed E-state index contributed by atoms with van der Waals surface area (Å²) in [5.41, 5.74) is -0.181. The molecule has 5 heteroatoms. The van der Waals surface area contributed by atoms with Gasteiger partial charge >= 0.3 is 0 Å². The van der Waals surface area contributed by atoms with Crippen molar-refractivity contribution in [3.8, 4) is 0 Å². The first kappa shape index (κ1) is 19.8. The van der Waals surface area contributed by atoms with E-state index in [1.165, 1.54) is 25.7 Å². The van der Waals surface area contributed by atoms with Crippen LogP contribution in [-0.4, -0.2) is 21.2 Å². The van der Waals surface area contributed by atoms with Crippen molar-refractivity contribution < 1.29 is 9.90 Å². The largest absolute Gasteiger partial charge is 0.388 e. The van der Waals surface area contributed by atoms with Crippen molar-refractivity contribution in [2.45, 2.75) is 76.4 Å². The first-order valence-electron chi connectivity index (χ1n) is 11.7. The Balaban J connectivity index is 1.34. The van der Waals surface area contributed by atoms with E-state index in [1.807, 2.05) is 24.3 Å². The molecule has 3 atom stereocenters. The third kappa shape index (κ3) is 3.80. The van der Waals surface area contributed by atoms with Gasteiger partial charge in [-0.05, 0) is 68.1 Å². The molecule has 2 N–H and O–H groups in total. The molecule has 30 heavy (non-hydrogen) atoms. The molecule has 3 aliphatic rings. The van der Waals surface area contributed by atoms with Crippen LogP contribution in [0.2, 0.25) is 0 Å². The van der Waals surface area contributed by atoms with Crippen LogP contribution in [0.3, 0.4) is 0 Å². The first-order valence-corrected chi connectivity index (χ1v) is 11.7. The van der Waals surface area contributed by atoms with Crippen molar-refractivity contribution in [3.63, 3.8) is 0 Å². The van der Waals surface area contributed by atoms with Crippen LogP contribution < -0.4 is 10.9 Å². The van der Waals surface area contributed by atoms with Gasteiger partial charge < -0.3 is 15.0 Å². The SMILES string of the molecule is O=C(CC1C[C@H]2CC[C@H]1C2)Nc1cccc2c(=O)n(CC3(O)CCCCC3)ccc12. The molecule has 1 unspecified atom stereocenters. The molecule has 1 aromatic heterocycles. The molecule has 1 amide bonds. The fourth-order valence-electron chi connectivity index (χ4n) is 6.30. The maximum absolute atomic E-state index is 13.1. The summed E-state index contributed by atoms with van der Waals surface area (Å²) in [7, 11) is 0. The lowest BCUT2D eigenvalue weighted by molar-refractivity contribution is -0.117. The number of benzene rings is 1. The normalized spacial score (nSPS) is 27.4. The molecule has 5 nitrogen and oxygen atoms in total. The van der Waals surface area contributed by atoms with E-state index in [0.717, 1.165) is 49.3 Å². The summed E-state index contributed by atoms with van der Waals surface area (Å²) in [5, 5.41) is 15.3. The van der Waals surface area contributed by atoms with Gasteiger partial charge in [-0.2, -0.15) is 0 Å². The van der Waals surface area contributed by atoms with Gasteiger partial charge in [-0.15, -0.1) is 0 Å². The highest BCUT2D eigenvalue weighted by atomic mass is 16.3. The monoisotopic (exact) mass is 408 g/mol. The van der Waals surface area contributed by atoms with Crippen LogP contribution in [-0.2, 0) is 11.3 Å². The van der Waals surface area contributed by atoms with Gasteiger partial charge in [0.1, 0.15) is 0 Å². The quantitative estimate of drug-likeness (QED) is 0.767. The van der Waals surface area contributed by atoms with E-state index in [4.69, 9.17) is 0 Å². The third-order valence-electron chi connectivity index (χ3n) is 7.87. The second kappa shape index (κ2) is 7.84. The van der Waals surface area contributed by atoms with Gasteiger partial charge in [0.05, 0.1) is 12.1 Å². The summed E-state index contributed by atoms with van der Waals surface area (Å²) in [6, 6.07) is 7.41. The average Bonchev–Trinajstić information content (AvgIpc) is 3.34. The van der Waals surface area contributed by atoms with Crippen LogP contribution in [0.1, 0.15) is 64.2 Å². The Morgan fingerprint density at radius 3 is 2.67 bits per heavy atom. The molecular formula is C25H32N2O3. The van der Waals surface area contributed by atoms with Crippen molar-refractivity contribution in [2.24, 2.45) is 17.8 Å². The minimum absolute atomic E-state index is 0.0562. The zero-order chi connectivity index (χ0) is 20.7. The molecule has 0 aliphatic heterocycles. The summed E-state index contributed by atoms with van der Waals surface area (Å²) < 4.78 is 1.63. The van der Waals surface area contributed by atoms with E-state index in [0.29, 0.717) is 30.0 Å². The fourth-order valence-corrected chi connectivity index (χ4v) is 6.30. The number of hydrogen-bond donors (Lipinski definition) is 2. The summed E-state index contributed by atoms with van der Waals surface area (Å²) in [4.78, 5) is 25.8. The van der Waals surface area contributed by atoms with Gasteiger partial charge in [-0.25, -0.2) is 0 Å². The van der Waals surface area contributed by atoms with Gasteiger partial charge in [-0.3, -0.25) is 9.59 Å². The fraction of sp³-hybridized carbons (Fsp3) is 0.600. The molecule has 0 radical (unpaired) electrons. The average molecular weight is 409 g/mol. The molecule has 2 bridgehead atoms. The Labute approximate surface area is 177 Å². The molecule has 3 saturated carbocycles. The predicted octanol–water partition coefficient (Wildman–Crippen LogP) is 4.46. The lowest BCUT2D eigenvalue weighted by Gasteiger charge is -2.32. The third-order valence-corrected chi connectivity index (χ3v) is 7.87. The van der Waals surface area contributed by atoms with Crippen molar-refractivity contribution in [1.29, 1.82) is 0 Å². The van der Waals surface area contributed by atoms with Crippen LogP contribution in [0, 0.1) is 17.8 Å². The number of anilines is 1. The molecule has 1 aromatic carbocycles. The van der Waals surface area contributed by atoms with Crippen molar-refractivity contribution >= 4 is 22.4 Å². The predicted molar refractivity (Wildman–Crippen MR) is 118 cm³/mol. The van der Waals surface area contributed by atoms with Crippen LogP contribution >= 0.6 is 0 Å². The Morgan fingerprint density at radius 2 is 1.93 bits per heavy atom. The Kier molecular flexibility index (Phi) is 5.18. The lowest BCUT2D eigenvalue weighted by atomic mass is 9.85. The number of rotatable bonds is 5. The van der Waals surface area contributed by atoms with Crippen LogP contribution in [0.4, 0.5) is 5.69 Å². The molecule has 1 heterocycles. The first-order chi connectivity index (χ1) is 14.5. The van der Waals surface area contributed by atoms with Gasteiger partial charge in [0.15, 0.2) is 0 Å². The van der Waals surface area contributed by atoms with Gasteiger partial charge in [0.2, 0.25) is 5.91 Å². The maximum atomic E-state index is 13.1. The number of pyridine rings is 1. The highest BCUT2D eigenvalue weighted by Crippen LogP contribution is 2.49. The van der Waals surface area contributed by atoms with E-state index in [9.17, 15) is 14.7 Å². The minimum Gasteiger partial charge on any atom is -0.388 e. The number of amides is 1. The number of nitrogens with one attached hydrogen (secondary N) is 1. The number of carbonyl (C=O) groups is 1. The topological polar surface area (TPSA) is 71.3 Å². The van der Waals surface area contributed by atoms with Gasteiger partial charge in [0.25, 0.3) is 5.56 Å². The van der Waals surface area contributed by atoms with Crippen LogP contribution in [0.15, 0.2) is 35.3 Å². The second-order valence-electron chi connectivity index (χ2n) is 9.99. The van der Waals surface area contributed by atoms with Crippen molar-refractivity contribution in [1.82, 2.24) is 4.57 Å². The zero-order valence-corrected chi connectivity index (χ0v) is 17.6. The summed E-state index contributed by atoms with van der Waals surface area (Å²) >= 11 is 0. The van der Waals surface area contributed by atoms with Crippen LogP contribution in [0.5, 0.6) is 0 Å². The Morgan fingerprint density at radius 1 is 1.10 bits per heavy atom. The maximum Gasteiger partial charge on any atom is 0.258 e. The molecule has 0 saturated heterocycles. The number of nitrogens with zero attached hydrogens (tertiary/aromatic N) is 1. The summed E-state index contributed by atoms with van der Waals surface area (Å²) in [6.45, 7) is 0.336. The number of fused-ring (bicyclic) bond motifs is 3. The number of aliphatic hydroxyl groups is 1. The standard InChI is InChI=1S/C25H32N2O3/c28-23(15-19-14-17-7-8-18(19)13-17)26-22-6-4-5-21-20(22)9-12-27(24(21)29)16-25(30)10-2-1-3-11-25/h4-6,9,12,17-19,30H,1-3,7-8,10-11,13-16H2,(H,26,28)/t17-,18-,19?/m0/s1. The smallest absolute Gasteiger partial charge is 0.258 e. The van der Waals surface area contributed by atoms with Crippen molar-refractivity contribution in [3.05, 3.63) is 40.8 Å². The van der Waals surface area contributed by atoms with Crippen LogP contribution in [0.25, 0.3) is 10.8 Å². The second-order valence-corrected chi connectivity index (χ2v) is 9.99. The van der Waals surface area contributed by atoms with E-state index in [1.54, 1.807) is 10.8 Å². The van der Waals surface area contributed by atoms with Gasteiger partial charge in [-0.1, -0.05) is 31.7 Å². The zero-order valence-electron chi connectivity index (χ0n) is 17.6. The molecule has 0 spiro atoms. The number of carbonyl (C=O) groups excluding carboxylic acids is 1. The van der Waals surface area contributed by atoms with E-state index >= 15 is 0 Å². The highest BCUT2D eigenvalue weighted by Gasteiger charge is 2.40. The number of hydrogen-bond acceptors (Lipinski definition) is 3. The van der Waals surface area contributed by atoms with E-state index in [2.05, 4.69) is 5.32 Å². The van der Waals surface area contributed by atoms with E-state index in [-0.39, 0.29) is 11.5 Å². The molecule has 160 valence electrons.